The SMILES string of the molecule is CN(CCN=[N+]=[N-])Cc1ccccc1F. The van der Waals surface area contributed by atoms with Crippen molar-refractivity contribution in [3.8, 4) is 0 Å². The maximum atomic E-state index is 13.2. The molecule has 0 heterocycles. The first-order valence-corrected chi connectivity index (χ1v) is 4.67. The fourth-order valence-electron chi connectivity index (χ4n) is 1.26. The molecule has 0 aliphatic heterocycles. The van der Waals surface area contributed by atoms with Crippen LogP contribution in [-0.2, 0) is 6.54 Å². The molecule has 0 radical (unpaired) electrons. The van der Waals surface area contributed by atoms with Crippen molar-refractivity contribution in [2.75, 3.05) is 20.1 Å². The minimum atomic E-state index is -0.201. The molecule has 0 aromatic heterocycles. The van der Waals surface area contributed by atoms with E-state index in [-0.39, 0.29) is 5.82 Å². The molecule has 0 saturated heterocycles. The van der Waals surface area contributed by atoms with Crippen LogP contribution in [0.3, 0.4) is 0 Å². The fraction of sp³-hybridized carbons (Fsp3) is 0.400. The highest BCUT2D eigenvalue weighted by Crippen LogP contribution is 2.08. The van der Waals surface area contributed by atoms with Crippen LogP contribution < -0.4 is 0 Å². The van der Waals surface area contributed by atoms with Gasteiger partial charge in [-0.05, 0) is 18.6 Å². The second-order valence-corrected chi connectivity index (χ2v) is 3.28. The van der Waals surface area contributed by atoms with E-state index in [1.54, 1.807) is 18.2 Å². The van der Waals surface area contributed by atoms with Gasteiger partial charge in [-0.3, -0.25) is 0 Å². The van der Waals surface area contributed by atoms with Crippen molar-refractivity contribution in [2.45, 2.75) is 6.54 Å². The van der Waals surface area contributed by atoms with Gasteiger partial charge in [0.25, 0.3) is 0 Å². The Morgan fingerprint density at radius 3 is 2.87 bits per heavy atom. The third-order valence-corrected chi connectivity index (χ3v) is 2.04. The quantitative estimate of drug-likeness (QED) is 0.417. The van der Waals surface area contributed by atoms with E-state index in [1.807, 2.05) is 11.9 Å². The summed E-state index contributed by atoms with van der Waals surface area (Å²) >= 11 is 0. The van der Waals surface area contributed by atoms with Crippen LogP contribution in [0.25, 0.3) is 10.4 Å². The van der Waals surface area contributed by atoms with Crippen molar-refractivity contribution in [1.82, 2.24) is 4.90 Å². The molecule has 0 bridgehead atoms. The zero-order chi connectivity index (χ0) is 11.1. The van der Waals surface area contributed by atoms with E-state index in [0.717, 1.165) is 0 Å². The summed E-state index contributed by atoms with van der Waals surface area (Å²) in [4.78, 5) is 4.57. The lowest BCUT2D eigenvalue weighted by atomic mass is 10.2. The molecular formula is C10H13FN4. The summed E-state index contributed by atoms with van der Waals surface area (Å²) in [6.45, 7) is 1.55. The minimum Gasteiger partial charge on any atom is -0.302 e. The first kappa shape index (κ1) is 11.5. The Morgan fingerprint density at radius 2 is 2.20 bits per heavy atom. The van der Waals surface area contributed by atoms with Gasteiger partial charge in [0.2, 0.25) is 0 Å². The average Bonchev–Trinajstić information content (AvgIpc) is 2.22. The second-order valence-electron chi connectivity index (χ2n) is 3.28. The molecule has 0 amide bonds. The van der Waals surface area contributed by atoms with Crippen molar-refractivity contribution in [2.24, 2.45) is 5.11 Å². The van der Waals surface area contributed by atoms with E-state index in [1.165, 1.54) is 6.07 Å². The third kappa shape index (κ3) is 3.97. The lowest BCUT2D eigenvalue weighted by Crippen LogP contribution is -2.21. The third-order valence-electron chi connectivity index (χ3n) is 2.04. The van der Waals surface area contributed by atoms with Crippen LogP contribution >= 0.6 is 0 Å². The minimum absolute atomic E-state index is 0.201. The van der Waals surface area contributed by atoms with E-state index in [9.17, 15) is 4.39 Å². The largest absolute Gasteiger partial charge is 0.302 e. The van der Waals surface area contributed by atoms with Gasteiger partial charge in [0.15, 0.2) is 0 Å². The molecule has 1 aromatic carbocycles. The molecular weight excluding hydrogens is 195 g/mol. The number of hydrogen-bond acceptors (Lipinski definition) is 2. The fourth-order valence-corrected chi connectivity index (χ4v) is 1.26. The number of likely N-dealkylation sites (N-methyl/N-ethyl adjacent to an activating group) is 1. The summed E-state index contributed by atoms with van der Waals surface area (Å²) < 4.78 is 13.2. The zero-order valence-corrected chi connectivity index (χ0v) is 8.60. The molecule has 1 aromatic rings. The number of azide groups is 1. The first-order valence-electron chi connectivity index (χ1n) is 4.67. The number of halogens is 1. The van der Waals surface area contributed by atoms with E-state index >= 15 is 0 Å². The highest BCUT2D eigenvalue weighted by Gasteiger charge is 2.03. The molecule has 0 fully saturated rings. The monoisotopic (exact) mass is 208 g/mol. The first-order chi connectivity index (χ1) is 7.24. The van der Waals surface area contributed by atoms with Crippen molar-refractivity contribution in [1.29, 1.82) is 0 Å². The van der Waals surface area contributed by atoms with E-state index in [0.29, 0.717) is 25.2 Å². The molecule has 15 heavy (non-hydrogen) atoms. The van der Waals surface area contributed by atoms with Gasteiger partial charge >= 0.3 is 0 Å². The summed E-state index contributed by atoms with van der Waals surface area (Å²) in [6.07, 6.45) is 0. The maximum absolute atomic E-state index is 13.2. The second kappa shape index (κ2) is 6.01. The predicted octanol–water partition coefficient (Wildman–Crippen LogP) is 2.57. The summed E-state index contributed by atoms with van der Waals surface area (Å²) in [5.41, 5.74) is 8.75. The van der Waals surface area contributed by atoms with Crippen molar-refractivity contribution < 1.29 is 4.39 Å². The van der Waals surface area contributed by atoms with Crippen molar-refractivity contribution >= 4 is 0 Å². The van der Waals surface area contributed by atoms with Gasteiger partial charge in [-0.15, -0.1) is 0 Å². The van der Waals surface area contributed by atoms with Gasteiger partial charge in [0, 0.05) is 30.1 Å². The maximum Gasteiger partial charge on any atom is 0.127 e. The van der Waals surface area contributed by atoms with Crippen LogP contribution in [0.4, 0.5) is 4.39 Å². The van der Waals surface area contributed by atoms with Gasteiger partial charge in [-0.25, -0.2) is 4.39 Å². The molecule has 0 atom stereocenters. The molecule has 4 nitrogen and oxygen atoms in total. The molecule has 0 aliphatic carbocycles. The normalized spacial score (nSPS) is 10.1. The Balaban J connectivity index is 2.47. The Morgan fingerprint density at radius 1 is 1.47 bits per heavy atom. The molecule has 0 saturated carbocycles. The van der Waals surface area contributed by atoms with Crippen LogP contribution in [0, 0.1) is 5.82 Å². The van der Waals surface area contributed by atoms with Crippen molar-refractivity contribution in [3.05, 3.63) is 46.1 Å². The molecule has 0 aliphatic rings. The van der Waals surface area contributed by atoms with Gasteiger partial charge in [0.1, 0.15) is 5.82 Å². The molecule has 0 spiro atoms. The van der Waals surface area contributed by atoms with Gasteiger partial charge in [-0.2, -0.15) is 0 Å². The Kier molecular flexibility index (Phi) is 4.60. The zero-order valence-electron chi connectivity index (χ0n) is 8.60. The molecule has 5 heteroatoms. The molecule has 0 unspecified atom stereocenters. The number of hydrogen-bond donors (Lipinski definition) is 0. The topological polar surface area (TPSA) is 52.0 Å². The molecule has 1 rings (SSSR count). The van der Waals surface area contributed by atoms with Crippen LogP contribution in [0.2, 0.25) is 0 Å². The smallest absolute Gasteiger partial charge is 0.127 e. The Hall–Kier alpha value is -1.58. The van der Waals surface area contributed by atoms with Crippen LogP contribution in [0.5, 0.6) is 0 Å². The molecule has 0 N–H and O–H groups in total. The lowest BCUT2D eigenvalue weighted by molar-refractivity contribution is 0.330. The van der Waals surface area contributed by atoms with Crippen molar-refractivity contribution in [3.63, 3.8) is 0 Å². The number of nitrogens with zero attached hydrogens (tertiary/aromatic N) is 4. The summed E-state index contributed by atoms with van der Waals surface area (Å²) in [5, 5.41) is 3.42. The van der Waals surface area contributed by atoms with Crippen LogP contribution in [0.1, 0.15) is 5.56 Å². The summed E-state index contributed by atoms with van der Waals surface area (Å²) in [6, 6.07) is 6.66. The van der Waals surface area contributed by atoms with Crippen LogP contribution in [-0.4, -0.2) is 25.0 Å². The van der Waals surface area contributed by atoms with Gasteiger partial charge < -0.3 is 4.90 Å². The number of benzene rings is 1. The number of rotatable bonds is 5. The van der Waals surface area contributed by atoms with Gasteiger partial charge in [0.05, 0.1) is 0 Å². The van der Waals surface area contributed by atoms with E-state index < -0.39 is 0 Å². The van der Waals surface area contributed by atoms with Gasteiger partial charge in [-0.1, -0.05) is 23.3 Å². The summed E-state index contributed by atoms with van der Waals surface area (Å²) in [5.74, 6) is -0.201. The average molecular weight is 208 g/mol. The van der Waals surface area contributed by atoms with E-state index in [4.69, 9.17) is 5.53 Å². The predicted molar refractivity (Wildman–Crippen MR) is 56.7 cm³/mol. The standard InChI is InChI=1S/C10H13FN4/c1-15(7-6-13-14-12)8-9-4-2-3-5-10(9)11/h2-5H,6-8H2,1H3. The Bertz CT molecular complexity index is 360. The molecule has 80 valence electrons. The summed E-state index contributed by atoms with van der Waals surface area (Å²) in [7, 11) is 1.86. The highest BCUT2D eigenvalue weighted by molar-refractivity contribution is 5.16. The van der Waals surface area contributed by atoms with Crippen LogP contribution in [0.15, 0.2) is 29.4 Å². The van der Waals surface area contributed by atoms with E-state index in [2.05, 4.69) is 10.0 Å². The lowest BCUT2D eigenvalue weighted by Gasteiger charge is -2.15. The Labute approximate surface area is 88.0 Å². The highest BCUT2D eigenvalue weighted by atomic mass is 19.1.